The molecule has 9 fully saturated rings. The molecule has 3 aliphatic heterocycles. The van der Waals surface area contributed by atoms with Gasteiger partial charge in [-0.1, -0.05) is 96.6 Å². The summed E-state index contributed by atoms with van der Waals surface area (Å²) in [7, 11) is 0. The molecule has 6 aliphatic carbocycles. The Morgan fingerprint density at radius 1 is 0.818 bits per heavy atom. The summed E-state index contributed by atoms with van der Waals surface area (Å²) in [4.78, 5) is 45.3. The second-order valence-electron chi connectivity index (χ2n) is 24.1. The van der Waals surface area contributed by atoms with Gasteiger partial charge in [-0.3, -0.25) is 19.7 Å². The molecule has 6 saturated carbocycles. The monoisotopic (exact) mass is 933 g/mol. The Hall–Kier alpha value is -2.70. The fourth-order valence-electron chi connectivity index (χ4n) is 13.4. The average Bonchev–Trinajstić information content (AvgIpc) is 3.98. The van der Waals surface area contributed by atoms with Crippen LogP contribution in [-0.2, 0) is 23.9 Å². The molecule has 3 heterocycles. The van der Waals surface area contributed by atoms with E-state index in [-0.39, 0.29) is 79.9 Å². The number of esters is 2. The number of urea groups is 1. The standard InChI is InChI=1S/C14H24.C12H18O2.C8H16O2.C7H12N2O2.C7H12O2.C6H14O2/c1-10(2)14-7-11-4-12(8-14)6-13(3,5-11)9-14;1-6(2)11-8-3-7-5-10(13)14-12(11)9(7)4-8;1-6(2)8(4-5-9)7(3)10;1-5(2)3-9-4-6(10)8-7(9)11;1-5(2)6-3-4-9-7(6)8;1-5(2)6(3-7)4-8/h10-12H,4-9H2,1-3H3;6-9,11-12H,3-5H2,1-2H3;6,8-10H,3-5H2,1-2H3;5H,3-4H2,1-2H3,(H,8,10,11);5-6H,3-4H2,1-2H3;5-8H,3-4H2,1-2H3. The number of aliphatic hydroxyl groups is 4. The number of ether oxygens (including phenoxy) is 2. The van der Waals surface area contributed by atoms with Crippen LogP contribution in [-0.4, -0.2) is 94.8 Å². The van der Waals surface area contributed by atoms with Gasteiger partial charge < -0.3 is 34.8 Å². The summed E-state index contributed by atoms with van der Waals surface area (Å²) < 4.78 is 10.3. The normalized spacial score (nSPS) is 32.5. The Morgan fingerprint density at radius 3 is 1.77 bits per heavy atom. The molecule has 9 unspecified atom stereocenters. The Bertz CT molecular complexity index is 1540. The summed E-state index contributed by atoms with van der Waals surface area (Å²) in [6.07, 6.45) is 14.5. The molecule has 382 valence electrons. The predicted molar refractivity (Wildman–Crippen MR) is 261 cm³/mol. The Labute approximate surface area is 400 Å². The van der Waals surface area contributed by atoms with E-state index in [0.717, 1.165) is 40.9 Å². The maximum Gasteiger partial charge on any atom is 0.324 e. The summed E-state index contributed by atoms with van der Waals surface area (Å²) >= 11 is 0. The molecule has 12 nitrogen and oxygen atoms in total. The molecule has 0 spiro atoms. The van der Waals surface area contributed by atoms with Gasteiger partial charge >= 0.3 is 18.0 Å². The van der Waals surface area contributed by atoms with Gasteiger partial charge in [-0.15, -0.1) is 0 Å². The minimum atomic E-state index is -0.260. The highest BCUT2D eigenvalue weighted by Crippen LogP contribution is 2.67. The van der Waals surface area contributed by atoms with Crippen LogP contribution in [0.5, 0.6) is 0 Å². The lowest BCUT2D eigenvalue weighted by Gasteiger charge is -2.63. The van der Waals surface area contributed by atoms with E-state index >= 15 is 0 Å². The SMILES string of the molecule is C=C(O)C(CCO)C(C)C.CC(C)C(CO)CO.CC(C)C12CC3CC(CC(C)(C3)C1)C2.CC(C)C1C2CC3CC(=O)OC1C3C2.CC(C)C1CCOC1=O.CC(C)CN1CC(=O)NC1=O. The fourth-order valence-corrected chi connectivity index (χ4v) is 13.4. The number of carbonyl (C=O) groups is 4. The molecule has 9 rings (SSSR count). The zero-order chi connectivity index (χ0) is 49.8. The van der Waals surface area contributed by atoms with Crippen molar-refractivity contribution in [3.05, 3.63) is 12.3 Å². The van der Waals surface area contributed by atoms with Crippen molar-refractivity contribution < 1.29 is 49.1 Å². The van der Waals surface area contributed by atoms with E-state index < -0.39 is 0 Å². The number of hydrogen-bond acceptors (Lipinski definition) is 10. The number of nitrogens with zero attached hydrogens (tertiary/aromatic N) is 1. The van der Waals surface area contributed by atoms with E-state index in [4.69, 9.17) is 29.9 Å². The first-order valence-electron chi connectivity index (χ1n) is 26.0. The van der Waals surface area contributed by atoms with Crippen molar-refractivity contribution >= 4 is 23.9 Å². The van der Waals surface area contributed by atoms with Crippen LogP contribution >= 0.6 is 0 Å². The van der Waals surface area contributed by atoms with Crippen molar-refractivity contribution in [2.75, 3.05) is 39.5 Å². The van der Waals surface area contributed by atoms with Crippen LogP contribution < -0.4 is 5.32 Å². The fraction of sp³-hybridized carbons (Fsp3) is 0.889. The first kappa shape index (κ1) is 57.6. The van der Waals surface area contributed by atoms with Gasteiger partial charge in [0.25, 0.3) is 0 Å². The number of imide groups is 1. The lowest BCUT2D eigenvalue weighted by molar-refractivity contribution is -0.169. The largest absolute Gasteiger partial charge is 0.513 e. The van der Waals surface area contributed by atoms with Crippen LogP contribution in [0.3, 0.4) is 0 Å². The second-order valence-corrected chi connectivity index (χ2v) is 24.1. The lowest BCUT2D eigenvalue weighted by atomic mass is 9.42. The highest BCUT2D eigenvalue weighted by atomic mass is 16.5. The molecule has 12 heteroatoms. The molecule has 3 amide bonds. The van der Waals surface area contributed by atoms with Crippen molar-refractivity contribution in [3.8, 4) is 0 Å². The van der Waals surface area contributed by atoms with Crippen molar-refractivity contribution in [3.63, 3.8) is 0 Å². The number of fused-ring (bicyclic) bond motifs is 1. The highest BCUT2D eigenvalue weighted by Gasteiger charge is 2.58. The van der Waals surface area contributed by atoms with E-state index in [9.17, 15) is 19.2 Å². The highest BCUT2D eigenvalue weighted by molar-refractivity contribution is 6.01. The lowest BCUT2D eigenvalue weighted by Crippen LogP contribution is -2.52. The maximum atomic E-state index is 11.4. The molecule has 5 N–H and O–H groups in total. The summed E-state index contributed by atoms with van der Waals surface area (Å²) in [5.41, 5.74) is 1.51. The summed E-state index contributed by atoms with van der Waals surface area (Å²) in [6.45, 7) is 33.4. The minimum Gasteiger partial charge on any atom is -0.513 e. The summed E-state index contributed by atoms with van der Waals surface area (Å²) in [5.74, 6) is 8.58. The quantitative estimate of drug-likeness (QED) is 0.0718. The molecule has 3 saturated heterocycles. The maximum absolute atomic E-state index is 11.4. The third kappa shape index (κ3) is 15.9. The summed E-state index contributed by atoms with van der Waals surface area (Å²) in [6, 6.07) is -0.260. The zero-order valence-electron chi connectivity index (χ0n) is 43.7. The minimum absolute atomic E-state index is 0.00926. The van der Waals surface area contributed by atoms with Gasteiger partial charge in [-0.2, -0.15) is 0 Å². The number of cyclic esters (lactones) is 1. The van der Waals surface area contributed by atoms with Crippen LogP contribution in [0.1, 0.15) is 161 Å². The summed E-state index contributed by atoms with van der Waals surface area (Å²) in [5, 5.41) is 36.9. The van der Waals surface area contributed by atoms with E-state index in [1.807, 2.05) is 41.5 Å². The van der Waals surface area contributed by atoms with E-state index in [1.54, 1.807) is 38.5 Å². The number of rotatable bonds is 12. The third-order valence-electron chi connectivity index (χ3n) is 16.5. The molecule has 0 radical (unpaired) electrons. The molecule has 9 atom stereocenters. The molecular formula is C54H96N2O10. The Morgan fingerprint density at radius 2 is 1.42 bits per heavy atom. The van der Waals surface area contributed by atoms with Crippen LogP contribution in [0.2, 0.25) is 0 Å². The van der Waals surface area contributed by atoms with Gasteiger partial charge in [0.1, 0.15) is 12.6 Å². The number of nitrogens with one attached hydrogen (secondary N) is 1. The topological polar surface area (TPSA) is 183 Å². The Kier molecular flexibility index (Phi) is 22.5. The molecule has 66 heavy (non-hydrogen) atoms. The van der Waals surface area contributed by atoms with Crippen LogP contribution in [0, 0.1) is 99.6 Å². The third-order valence-corrected chi connectivity index (χ3v) is 16.5. The molecule has 0 aromatic carbocycles. The molecular weight excluding hydrogens is 837 g/mol. The first-order valence-corrected chi connectivity index (χ1v) is 26.0. The molecule has 6 bridgehead atoms. The van der Waals surface area contributed by atoms with Crippen LogP contribution in [0.15, 0.2) is 12.3 Å². The molecule has 0 aromatic rings. The Balaban J connectivity index is 0.000000213. The number of carbonyl (C=O) groups excluding carboxylic acids is 4. The smallest absolute Gasteiger partial charge is 0.324 e. The van der Waals surface area contributed by atoms with Gasteiger partial charge in [-0.05, 0) is 140 Å². The second kappa shape index (κ2) is 25.8. The number of amides is 3. The first-order chi connectivity index (χ1) is 30.8. The van der Waals surface area contributed by atoms with Gasteiger partial charge in [-0.25, -0.2) is 4.79 Å². The van der Waals surface area contributed by atoms with Crippen molar-refractivity contribution in [1.82, 2.24) is 10.2 Å². The molecule has 0 aromatic heterocycles. The van der Waals surface area contributed by atoms with E-state index in [0.29, 0.717) is 73.3 Å². The predicted octanol–water partition coefficient (Wildman–Crippen LogP) is 9.83. The number of hydrogen-bond donors (Lipinski definition) is 5. The van der Waals surface area contributed by atoms with Gasteiger partial charge in [0.05, 0.1) is 18.3 Å². The zero-order valence-corrected chi connectivity index (χ0v) is 43.7. The number of allylic oxidation sites excluding steroid dienone is 1. The van der Waals surface area contributed by atoms with E-state index in [2.05, 4.69) is 60.4 Å². The molecule has 9 aliphatic rings. The van der Waals surface area contributed by atoms with Crippen molar-refractivity contribution in [1.29, 1.82) is 0 Å². The van der Waals surface area contributed by atoms with Crippen LogP contribution in [0.4, 0.5) is 4.79 Å². The van der Waals surface area contributed by atoms with Gasteiger partial charge in [0, 0.05) is 50.5 Å². The average molecular weight is 933 g/mol. The van der Waals surface area contributed by atoms with E-state index in [1.165, 1.54) is 17.7 Å². The van der Waals surface area contributed by atoms with Crippen molar-refractivity contribution in [2.45, 2.75) is 167 Å². The van der Waals surface area contributed by atoms with Crippen molar-refractivity contribution in [2.24, 2.45) is 99.6 Å². The number of aliphatic hydroxyl groups excluding tert-OH is 4. The van der Waals surface area contributed by atoms with Crippen LogP contribution in [0.25, 0.3) is 0 Å². The van der Waals surface area contributed by atoms with Gasteiger partial charge in [0.2, 0.25) is 5.91 Å². The van der Waals surface area contributed by atoms with Gasteiger partial charge in [0.15, 0.2) is 0 Å².